The summed E-state index contributed by atoms with van der Waals surface area (Å²) in [6.45, 7) is 4.16. The van der Waals surface area contributed by atoms with Gasteiger partial charge in [0.1, 0.15) is 0 Å². The number of hydrogen-bond donors (Lipinski definition) is 1. The van der Waals surface area contributed by atoms with Crippen molar-refractivity contribution in [2.45, 2.75) is 24.7 Å². The van der Waals surface area contributed by atoms with Crippen molar-refractivity contribution in [2.75, 3.05) is 30.3 Å². The molecule has 1 fully saturated rings. The number of sulfone groups is 1. The fraction of sp³-hybridized carbons (Fsp3) is 0.381. The molecule has 150 valence electrons. The molecule has 1 amide bonds. The van der Waals surface area contributed by atoms with Gasteiger partial charge in [0.15, 0.2) is 9.84 Å². The van der Waals surface area contributed by atoms with E-state index in [1.165, 1.54) is 11.8 Å². The monoisotopic (exact) mass is 464 g/mol. The number of rotatable bonds is 7. The van der Waals surface area contributed by atoms with Crippen molar-refractivity contribution in [3.05, 3.63) is 58.6 Å². The Bertz CT molecular complexity index is 946. The lowest BCUT2D eigenvalue weighted by Crippen LogP contribution is -2.32. The summed E-state index contributed by atoms with van der Waals surface area (Å²) in [4.78, 5) is 15.1. The van der Waals surface area contributed by atoms with Crippen molar-refractivity contribution >= 4 is 37.4 Å². The van der Waals surface area contributed by atoms with Crippen LogP contribution < -0.4 is 10.2 Å². The summed E-state index contributed by atoms with van der Waals surface area (Å²) < 4.78 is 26.0. The van der Waals surface area contributed by atoms with Crippen LogP contribution in [0.1, 0.15) is 30.1 Å². The number of nitrogens with one attached hydrogen (secondary N) is 1. The Morgan fingerprint density at radius 3 is 2.75 bits per heavy atom. The number of halogens is 1. The zero-order chi connectivity index (χ0) is 20.1. The molecule has 2 aromatic rings. The van der Waals surface area contributed by atoms with Crippen LogP contribution >= 0.6 is 15.9 Å². The summed E-state index contributed by atoms with van der Waals surface area (Å²) in [6, 6.07) is 14.7. The summed E-state index contributed by atoms with van der Waals surface area (Å²) in [5, 5.41) is 2.94. The fourth-order valence-corrected chi connectivity index (χ4v) is 5.47. The Balaban J connectivity index is 1.63. The summed E-state index contributed by atoms with van der Waals surface area (Å²) in [6.07, 6.45) is 1.51. The van der Waals surface area contributed by atoms with E-state index in [-0.39, 0.29) is 22.1 Å². The van der Waals surface area contributed by atoms with E-state index in [1.807, 2.05) is 19.1 Å². The molecule has 0 aliphatic carbocycles. The Morgan fingerprint density at radius 2 is 2.00 bits per heavy atom. The van der Waals surface area contributed by atoms with Crippen molar-refractivity contribution in [1.82, 2.24) is 5.32 Å². The molecule has 28 heavy (non-hydrogen) atoms. The van der Waals surface area contributed by atoms with Gasteiger partial charge in [-0.25, -0.2) is 8.42 Å². The molecule has 1 aliphatic rings. The van der Waals surface area contributed by atoms with E-state index in [1.54, 1.807) is 18.2 Å². The largest absolute Gasteiger partial charge is 0.371 e. The van der Waals surface area contributed by atoms with Gasteiger partial charge in [0.2, 0.25) is 0 Å². The van der Waals surface area contributed by atoms with Crippen LogP contribution in [-0.4, -0.2) is 39.7 Å². The smallest absolute Gasteiger partial charge is 0.252 e. The predicted octanol–water partition coefficient (Wildman–Crippen LogP) is 3.89. The molecular weight excluding hydrogens is 440 g/mol. The molecule has 1 saturated heterocycles. The minimum absolute atomic E-state index is 0.0432. The quantitative estimate of drug-likeness (QED) is 0.674. The van der Waals surface area contributed by atoms with Gasteiger partial charge in [0.05, 0.1) is 16.2 Å². The summed E-state index contributed by atoms with van der Waals surface area (Å²) in [7, 11) is -3.45. The summed E-state index contributed by atoms with van der Waals surface area (Å²) in [5.41, 5.74) is 1.40. The van der Waals surface area contributed by atoms with Crippen molar-refractivity contribution in [3.8, 4) is 0 Å². The number of carbonyl (C=O) groups is 1. The molecule has 1 atom stereocenters. The van der Waals surface area contributed by atoms with Gasteiger partial charge in [0.25, 0.3) is 5.91 Å². The Morgan fingerprint density at radius 1 is 1.21 bits per heavy atom. The van der Waals surface area contributed by atoms with Gasteiger partial charge in [-0.3, -0.25) is 4.79 Å². The van der Waals surface area contributed by atoms with Crippen LogP contribution in [-0.2, 0) is 9.84 Å². The van der Waals surface area contributed by atoms with Crippen molar-refractivity contribution in [2.24, 2.45) is 5.92 Å². The van der Waals surface area contributed by atoms with E-state index < -0.39 is 9.84 Å². The highest BCUT2D eigenvalue weighted by Crippen LogP contribution is 2.26. The maximum Gasteiger partial charge on any atom is 0.252 e. The number of nitrogens with zero attached hydrogens (tertiary/aromatic N) is 1. The van der Waals surface area contributed by atoms with E-state index >= 15 is 0 Å². The number of anilines is 1. The minimum atomic E-state index is -3.45. The highest BCUT2D eigenvalue weighted by atomic mass is 79.9. The molecule has 0 saturated carbocycles. The first-order valence-electron chi connectivity index (χ1n) is 9.51. The second-order valence-electron chi connectivity index (χ2n) is 7.11. The van der Waals surface area contributed by atoms with Gasteiger partial charge in [0, 0.05) is 29.8 Å². The number of benzene rings is 2. The topological polar surface area (TPSA) is 66.5 Å². The highest BCUT2D eigenvalue weighted by molar-refractivity contribution is 9.10. The zero-order valence-corrected chi connectivity index (χ0v) is 18.3. The van der Waals surface area contributed by atoms with Crippen LogP contribution in [0.15, 0.2) is 57.9 Å². The average Bonchev–Trinajstić information content (AvgIpc) is 3.15. The molecule has 2 aromatic carbocycles. The standard InChI is InChI=1S/C21H25BrN2O3S/c1-2-12-28(26,27)20-9-4-3-8-19(20)21(25)23-14-16-10-11-24(15-16)18-7-5-6-17(22)13-18/h3-9,13,16H,2,10-12,14-15H2,1H3,(H,23,25). The lowest BCUT2D eigenvalue weighted by molar-refractivity contribution is 0.0945. The van der Waals surface area contributed by atoms with Gasteiger partial charge in [-0.15, -0.1) is 0 Å². The molecule has 0 aromatic heterocycles. The Kier molecular flexibility index (Phi) is 6.78. The zero-order valence-electron chi connectivity index (χ0n) is 15.9. The van der Waals surface area contributed by atoms with Crippen LogP contribution in [0.3, 0.4) is 0 Å². The van der Waals surface area contributed by atoms with E-state index in [2.05, 4.69) is 38.3 Å². The molecule has 1 unspecified atom stereocenters. The van der Waals surface area contributed by atoms with Gasteiger partial charge in [-0.05, 0) is 49.1 Å². The van der Waals surface area contributed by atoms with E-state index in [0.29, 0.717) is 18.9 Å². The first-order chi connectivity index (χ1) is 13.4. The van der Waals surface area contributed by atoms with Gasteiger partial charge < -0.3 is 10.2 Å². The van der Waals surface area contributed by atoms with Crippen LogP contribution in [0, 0.1) is 5.92 Å². The number of amides is 1. The molecule has 5 nitrogen and oxygen atoms in total. The second-order valence-corrected chi connectivity index (χ2v) is 10.1. The summed E-state index contributed by atoms with van der Waals surface area (Å²) in [5.74, 6) is 0.0557. The van der Waals surface area contributed by atoms with Crippen LogP contribution in [0.4, 0.5) is 5.69 Å². The molecule has 1 N–H and O–H groups in total. The number of hydrogen-bond acceptors (Lipinski definition) is 4. The lowest BCUT2D eigenvalue weighted by Gasteiger charge is -2.19. The van der Waals surface area contributed by atoms with E-state index in [0.717, 1.165) is 24.0 Å². The predicted molar refractivity (Wildman–Crippen MR) is 116 cm³/mol. The summed E-state index contributed by atoms with van der Waals surface area (Å²) >= 11 is 3.50. The Hall–Kier alpha value is -1.86. The Labute approximate surface area is 175 Å². The van der Waals surface area contributed by atoms with Crippen molar-refractivity contribution in [1.29, 1.82) is 0 Å². The van der Waals surface area contributed by atoms with Gasteiger partial charge >= 0.3 is 0 Å². The third-order valence-corrected chi connectivity index (χ3v) is 7.42. The van der Waals surface area contributed by atoms with Crippen molar-refractivity contribution < 1.29 is 13.2 Å². The van der Waals surface area contributed by atoms with E-state index in [4.69, 9.17) is 0 Å². The van der Waals surface area contributed by atoms with Gasteiger partial charge in [-0.1, -0.05) is 41.1 Å². The molecule has 1 heterocycles. The number of carbonyl (C=O) groups excluding carboxylic acids is 1. The third kappa shape index (κ3) is 4.94. The minimum Gasteiger partial charge on any atom is -0.371 e. The van der Waals surface area contributed by atoms with Gasteiger partial charge in [-0.2, -0.15) is 0 Å². The highest BCUT2D eigenvalue weighted by Gasteiger charge is 2.25. The normalized spacial score (nSPS) is 16.9. The average molecular weight is 465 g/mol. The fourth-order valence-electron chi connectivity index (χ4n) is 3.54. The molecule has 0 radical (unpaired) electrons. The first kappa shape index (κ1) is 20.9. The third-order valence-electron chi connectivity index (χ3n) is 4.95. The molecule has 0 bridgehead atoms. The van der Waals surface area contributed by atoms with Crippen LogP contribution in [0.5, 0.6) is 0 Å². The van der Waals surface area contributed by atoms with Crippen molar-refractivity contribution in [3.63, 3.8) is 0 Å². The molecule has 1 aliphatic heterocycles. The SMILES string of the molecule is CCCS(=O)(=O)c1ccccc1C(=O)NCC1CCN(c2cccc(Br)c2)C1. The molecule has 7 heteroatoms. The maximum absolute atomic E-state index is 12.7. The van der Waals surface area contributed by atoms with Crippen LogP contribution in [0.25, 0.3) is 0 Å². The molecular formula is C21H25BrN2O3S. The second kappa shape index (κ2) is 9.09. The molecule has 0 spiro atoms. The van der Waals surface area contributed by atoms with Crippen LogP contribution in [0.2, 0.25) is 0 Å². The molecule has 3 rings (SSSR count). The lowest BCUT2D eigenvalue weighted by atomic mass is 10.1. The first-order valence-corrected chi connectivity index (χ1v) is 12.0. The van der Waals surface area contributed by atoms with E-state index in [9.17, 15) is 13.2 Å². The maximum atomic E-state index is 12.7.